The topological polar surface area (TPSA) is 30.5 Å². The van der Waals surface area contributed by atoms with Gasteiger partial charge in [0, 0.05) is 20.3 Å². The molecule has 1 unspecified atom stereocenters. The molecule has 1 aromatic carbocycles. The molecule has 1 aromatic rings. The molecule has 1 N–H and O–H groups in total. The Morgan fingerprint density at radius 2 is 1.76 bits per heavy atom. The molecule has 0 heterocycles. The van der Waals surface area contributed by atoms with E-state index in [1.165, 1.54) is 11.1 Å². The molecule has 0 bridgehead atoms. The molecule has 1 rings (SSSR count). The highest BCUT2D eigenvalue weighted by Crippen LogP contribution is 2.24. The SMILES string of the molecule is CCNC(COCCCOC)c1ccc(C(C)(C)C)cc1. The largest absolute Gasteiger partial charge is 0.385 e. The number of ether oxygens (including phenoxy) is 2. The van der Waals surface area contributed by atoms with Gasteiger partial charge in [0.15, 0.2) is 0 Å². The Kier molecular flexibility index (Phi) is 7.94. The van der Waals surface area contributed by atoms with Crippen LogP contribution in [-0.4, -0.2) is 33.5 Å². The van der Waals surface area contributed by atoms with Crippen molar-refractivity contribution < 1.29 is 9.47 Å². The first-order valence-corrected chi connectivity index (χ1v) is 7.89. The second-order valence-electron chi connectivity index (χ2n) is 6.40. The minimum atomic E-state index is 0.197. The molecule has 0 fully saturated rings. The van der Waals surface area contributed by atoms with E-state index in [2.05, 4.69) is 57.3 Å². The average molecular weight is 293 g/mol. The van der Waals surface area contributed by atoms with Crippen molar-refractivity contribution in [2.24, 2.45) is 0 Å². The van der Waals surface area contributed by atoms with Crippen LogP contribution >= 0.6 is 0 Å². The van der Waals surface area contributed by atoms with E-state index in [9.17, 15) is 0 Å². The monoisotopic (exact) mass is 293 g/mol. The highest BCUT2D eigenvalue weighted by molar-refractivity contribution is 5.29. The fourth-order valence-electron chi connectivity index (χ4n) is 2.24. The summed E-state index contributed by atoms with van der Waals surface area (Å²) in [7, 11) is 1.72. The summed E-state index contributed by atoms with van der Waals surface area (Å²) >= 11 is 0. The Labute approximate surface area is 130 Å². The van der Waals surface area contributed by atoms with E-state index in [4.69, 9.17) is 9.47 Å². The maximum absolute atomic E-state index is 5.76. The zero-order chi connectivity index (χ0) is 15.7. The van der Waals surface area contributed by atoms with Gasteiger partial charge in [-0.3, -0.25) is 0 Å². The number of nitrogens with one attached hydrogen (secondary N) is 1. The number of likely N-dealkylation sites (N-methyl/N-ethyl adjacent to an activating group) is 1. The first kappa shape index (κ1) is 18.1. The van der Waals surface area contributed by atoms with Gasteiger partial charge in [-0.15, -0.1) is 0 Å². The quantitative estimate of drug-likeness (QED) is 0.704. The summed E-state index contributed by atoms with van der Waals surface area (Å²) in [6, 6.07) is 9.14. The Balaban J connectivity index is 2.59. The first-order chi connectivity index (χ1) is 9.99. The van der Waals surface area contributed by atoms with Crippen LogP contribution in [0.4, 0.5) is 0 Å². The molecule has 0 aliphatic carbocycles. The Morgan fingerprint density at radius 3 is 2.29 bits per heavy atom. The third-order valence-electron chi connectivity index (χ3n) is 3.55. The Hall–Kier alpha value is -0.900. The van der Waals surface area contributed by atoms with Gasteiger partial charge < -0.3 is 14.8 Å². The van der Waals surface area contributed by atoms with Gasteiger partial charge >= 0.3 is 0 Å². The lowest BCUT2D eigenvalue weighted by atomic mass is 9.86. The minimum absolute atomic E-state index is 0.197. The number of rotatable bonds is 9. The van der Waals surface area contributed by atoms with Crippen LogP contribution in [0.2, 0.25) is 0 Å². The molecule has 0 aliphatic heterocycles. The molecule has 120 valence electrons. The second-order valence-corrected chi connectivity index (χ2v) is 6.40. The normalized spacial score (nSPS) is 13.4. The maximum Gasteiger partial charge on any atom is 0.0661 e. The molecule has 21 heavy (non-hydrogen) atoms. The summed E-state index contributed by atoms with van der Waals surface area (Å²) in [6.45, 7) is 12.0. The van der Waals surface area contributed by atoms with E-state index >= 15 is 0 Å². The smallest absolute Gasteiger partial charge is 0.0661 e. The van der Waals surface area contributed by atoms with Crippen molar-refractivity contribution in [3.63, 3.8) is 0 Å². The van der Waals surface area contributed by atoms with Crippen LogP contribution in [0.25, 0.3) is 0 Å². The van der Waals surface area contributed by atoms with E-state index in [1.807, 2.05) is 0 Å². The van der Waals surface area contributed by atoms with Crippen molar-refractivity contribution in [1.82, 2.24) is 5.32 Å². The van der Waals surface area contributed by atoms with E-state index in [1.54, 1.807) is 7.11 Å². The molecule has 0 aliphatic rings. The van der Waals surface area contributed by atoms with Crippen molar-refractivity contribution in [2.75, 3.05) is 33.5 Å². The summed E-state index contributed by atoms with van der Waals surface area (Å²) in [5.41, 5.74) is 2.85. The van der Waals surface area contributed by atoms with Crippen molar-refractivity contribution in [3.05, 3.63) is 35.4 Å². The summed E-state index contributed by atoms with van der Waals surface area (Å²) in [5, 5.41) is 3.49. The molecular weight excluding hydrogens is 262 g/mol. The van der Waals surface area contributed by atoms with Gasteiger partial charge in [-0.05, 0) is 29.5 Å². The predicted molar refractivity (Wildman–Crippen MR) is 88.9 cm³/mol. The molecule has 0 saturated carbocycles. The van der Waals surface area contributed by atoms with Crippen LogP contribution in [0.3, 0.4) is 0 Å². The van der Waals surface area contributed by atoms with Gasteiger partial charge in [-0.25, -0.2) is 0 Å². The van der Waals surface area contributed by atoms with Crippen molar-refractivity contribution in [2.45, 2.75) is 45.6 Å². The standard InChI is InChI=1S/C18H31NO2/c1-6-19-17(14-21-13-7-12-20-5)15-8-10-16(11-9-15)18(2,3)4/h8-11,17,19H,6-7,12-14H2,1-5H3. The van der Waals surface area contributed by atoms with E-state index in [-0.39, 0.29) is 11.5 Å². The maximum atomic E-state index is 5.76. The zero-order valence-electron chi connectivity index (χ0n) is 14.2. The first-order valence-electron chi connectivity index (χ1n) is 7.89. The lowest BCUT2D eigenvalue weighted by Gasteiger charge is -2.22. The molecule has 0 saturated heterocycles. The minimum Gasteiger partial charge on any atom is -0.385 e. The lowest BCUT2D eigenvalue weighted by molar-refractivity contribution is 0.0878. The van der Waals surface area contributed by atoms with Crippen LogP contribution in [0.1, 0.15) is 51.3 Å². The molecule has 0 radical (unpaired) electrons. The highest BCUT2D eigenvalue weighted by atomic mass is 16.5. The van der Waals surface area contributed by atoms with Gasteiger partial charge in [0.05, 0.1) is 12.6 Å². The van der Waals surface area contributed by atoms with Crippen molar-refractivity contribution >= 4 is 0 Å². The number of methoxy groups -OCH3 is 1. The Morgan fingerprint density at radius 1 is 1.10 bits per heavy atom. The van der Waals surface area contributed by atoms with Crippen LogP contribution in [0, 0.1) is 0 Å². The molecule has 1 atom stereocenters. The van der Waals surface area contributed by atoms with Crippen LogP contribution in [0.5, 0.6) is 0 Å². The van der Waals surface area contributed by atoms with Crippen LogP contribution in [-0.2, 0) is 14.9 Å². The molecular formula is C18H31NO2. The van der Waals surface area contributed by atoms with E-state index in [0.717, 1.165) is 26.2 Å². The average Bonchev–Trinajstić information content (AvgIpc) is 2.45. The molecule has 3 heteroatoms. The van der Waals surface area contributed by atoms with Crippen molar-refractivity contribution in [1.29, 1.82) is 0 Å². The summed E-state index contributed by atoms with van der Waals surface area (Å²) < 4.78 is 10.8. The summed E-state index contributed by atoms with van der Waals surface area (Å²) in [6.07, 6.45) is 0.943. The predicted octanol–water partition coefficient (Wildman–Crippen LogP) is 3.69. The van der Waals surface area contributed by atoms with Gasteiger partial charge in [-0.2, -0.15) is 0 Å². The van der Waals surface area contributed by atoms with Crippen LogP contribution in [0.15, 0.2) is 24.3 Å². The van der Waals surface area contributed by atoms with Gasteiger partial charge in [0.1, 0.15) is 0 Å². The molecule has 0 spiro atoms. The molecule has 3 nitrogen and oxygen atoms in total. The summed E-state index contributed by atoms with van der Waals surface area (Å²) in [5.74, 6) is 0. The number of hydrogen-bond acceptors (Lipinski definition) is 3. The lowest BCUT2D eigenvalue weighted by Crippen LogP contribution is -2.26. The molecule has 0 aromatic heterocycles. The number of hydrogen-bond donors (Lipinski definition) is 1. The summed E-state index contributed by atoms with van der Waals surface area (Å²) in [4.78, 5) is 0. The third-order valence-corrected chi connectivity index (χ3v) is 3.55. The van der Waals surface area contributed by atoms with E-state index in [0.29, 0.717) is 6.61 Å². The van der Waals surface area contributed by atoms with Crippen molar-refractivity contribution in [3.8, 4) is 0 Å². The number of benzene rings is 1. The third kappa shape index (κ3) is 6.60. The van der Waals surface area contributed by atoms with Gasteiger partial charge in [0.2, 0.25) is 0 Å². The highest BCUT2D eigenvalue weighted by Gasteiger charge is 2.15. The van der Waals surface area contributed by atoms with Gasteiger partial charge in [0.25, 0.3) is 0 Å². The van der Waals surface area contributed by atoms with Gasteiger partial charge in [-0.1, -0.05) is 52.0 Å². The zero-order valence-corrected chi connectivity index (χ0v) is 14.2. The van der Waals surface area contributed by atoms with E-state index < -0.39 is 0 Å². The fourth-order valence-corrected chi connectivity index (χ4v) is 2.24. The van der Waals surface area contributed by atoms with Crippen LogP contribution < -0.4 is 5.32 Å². The molecule has 0 amide bonds. The fraction of sp³-hybridized carbons (Fsp3) is 0.667. The second kappa shape index (κ2) is 9.19. The Bertz CT molecular complexity index is 381.